The fraction of sp³-hybridized carbons (Fsp3) is 0.250. The molecule has 0 aromatic heterocycles. The van der Waals surface area contributed by atoms with E-state index in [1.54, 1.807) is 0 Å². The second-order valence-corrected chi connectivity index (χ2v) is 5.15. The molecule has 2 atom stereocenters. The summed E-state index contributed by atoms with van der Waals surface area (Å²) < 4.78 is 24.1. The van der Waals surface area contributed by atoms with Crippen LogP contribution < -0.4 is 9.47 Å². The van der Waals surface area contributed by atoms with Gasteiger partial charge < -0.3 is 24.8 Å². The maximum Gasteiger partial charge on any atom is 0.165 e. The van der Waals surface area contributed by atoms with Gasteiger partial charge in [-0.15, -0.1) is 0 Å². The molecule has 0 unspecified atom stereocenters. The molecule has 0 saturated heterocycles. The molecule has 0 amide bonds. The summed E-state index contributed by atoms with van der Waals surface area (Å²) in [5, 5.41) is 29.6. The second kappa shape index (κ2) is 5.38. The Balaban J connectivity index is 1.99. The van der Waals surface area contributed by atoms with Gasteiger partial charge in [0.15, 0.2) is 11.6 Å². The highest BCUT2D eigenvalue weighted by atomic mass is 19.1. The molecule has 6 heteroatoms. The van der Waals surface area contributed by atoms with E-state index in [9.17, 15) is 19.7 Å². The number of ether oxygens (including phenoxy) is 2. The SMILES string of the molecule is COc1cc([C@H]2Oc3cc(O)cc(O)c3C[C@H]2O)ccc1F. The summed E-state index contributed by atoms with van der Waals surface area (Å²) in [5.74, 6) is -0.437. The van der Waals surface area contributed by atoms with Crippen molar-refractivity contribution >= 4 is 0 Å². The number of phenols is 2. The van der Waals surface area contributed by atoms with Crippen LogP contribution in [0.5, 0.6) is 23.0 Å². The minimum absolute atomic E-state index is 0.0536. The number of fused-ring (bicyclic) bond motifs is 1. The predicted molar refractivity (Wildman–Crippen MR) is 75.8 cm³/mol. The lowest BCUT2D eigenvalue weighted by Gasteiger charge is -2.31. The highest BCUT2D eigenvalue weighted by molar-refractivity contribution is 5.51. The number of aliphatic hydroxyl groups excluding tert-OH is 1. The molecule has 3 rings (SSSR count). The Hall–Kier alpha value is -2.47. The maximum absolute atomic E-state index is 13.5. The fourth-order valence-corrected chi connectivity index (χ4v) is 2.60. The van der Waals surface area contributed by atoms with Crippen molar-refractivity contribution in [3.8, 4) is 23.0 Å². The molecule has 0 spiro atoms. The Morgan fingerprint density at radius 2 is 2.00 bits per heavy atom. The van der Waals surface area contributed by atoms with E-state index in [1.165, 1.54) is 37.4 Å². The molecule has 0 saturated carbocycles. The zero-order chi connectivity index (χ0) is 15.9. The second-order valence-electron chi connectivity index (χ2n) is 5.15. The van der Waals surface area contributed by atoms with E-state index in [1.807, 2.05) is 0 Å². The van der Waals surface area contributed by atoms with Gasteiger partial charge in [-0.1, -0.05) is 6.07 Å². The maximum atomic E-state index is 13.5. The molecular formula is C16H15FO5. The number of hydrogen-bond donors (Lipinski definition) is 3. The van der Waals surface area contributed by atoms with Crippen molar-refractivity contribution in [2.75, 3.05) is 7.11 Å². The van der Waals surface area contributed by atoms with Gasteiger partial charge in [-0.25, -0.2) is 4.39 Å². The molecule has 2 aromatic rings. The van der Waals surface area contributed by atoms with Crippen molar-refractivity contribution in [2.45, 2.75) is 18.6 Å². The van der Waals surface area contributed by atoms with Crippen LogP contribution in [0, 0.1) is 5.82 Å². The first-order chi connectivity index (χ1) is 10.5. The molecule has 1 aliphatic heterocycles. The Bertz CT molecular complexity index is 716. The average Bonchev–Trinajstić information content (AvgIpc) is 2.48. The van der Waals surface area contributed by atoms with E-state index >= 15 is 0 Å². The molecule has 5 nitrogen and oxygen atoms in total. The lowest BCUT2D eigenvalue weighted by atomic mass is 9.94. The quantitative estimate of drug-likeness (QED) is 0.793. The van der Waals surface area contributed by atoms with Crippen LogP contribution >= 0.6 is 0 Å². The van der Waals surface area contributed by atoms with Crippen molar-refractivity contribution in [2.24, 2.45) is 0 Å². The van der Waals surface area contributed by atoms with Crippen LogP contribution in [-0.4, -0.2) is 28.5 Å². The number of halogens is 1. The minimum Gasteiger partial charge on any atom is -0.508 e. The van der Waals surface area contributed by atoms with Gasteiger partial charge in [0.1, 0.15) is 23.4 Å². The van der Waals surface area contributed by atoms with Gasteiger partial charge in [-0.05, 0) is 17.7 Å². The van der Waals surface area contributed by atoms with Crippen molar-refractivity contribution in [1.82, 2.24) is 0 Å². The van der Waals surface area contributed by atoms with Crippen molar-refractivity contribution < 1.29 is 29.2 Å². The normalized spacial score (nSPS) is 20.1. The van der Waals surface area contributed by atoms with Crippen LogP contribution in [0.4, 0.5) is 4.39 Å². The number of aliphatic hydroxyl groups is 1. The van der Waals surface area contributed by atoms with E-state index in [0.717, 1.165) is 0 Å². The van der Waals surface area contributed by atoms with Gasteiger partial charge in [-0.2, -0.15) is 0 Å². The molecule has 0 radical (unpaired) electrons. The fourth-order valence-electron chi connectivity index (χ4n) is 2.60. The average molecular weight is 306 g/mol. The highest BCUT2D eigenvalue weighted by Gasteiger charge is 2.32. The number of rotatable bonds is 2. The summed E-state index contributed by atoms with van der Waals surface area (Å²) in [6.07, 6.45) is -1.51. The Morgan fingerprint density at radius 3 is 2.73 bits per heavy atom. The Kier molecular flexibility index (Phi) is 3.54. The first-order valence-corrected chi connectivity index (χ1v) is 6.72. The predicted octanol–water partition coefficient (Wildman–Crippen LogP) is 2.28. The first-order valence-electron chi connectivity index (χ1n) is 6.72. The molecule has 2 aromatic carbocycles. The zero-order valence-electron chi connectivity index (χ0n) is 11.8. The van der Waals surface area contributed by atoms with E-state index in [4.69, 9.17) is 9.47 Å². The van der Waals surface area contributed by atoms with Gasteiger partial charge in [0.25, 0.3) is 0 Å². The van der Waals surface area contributed by atoms with Gasteiger partial charge in [-0.3, -0.25) is 0 Å². The van der Waals surface area contributed by atoms with Gasteiger partial charge in [0.05, 0.1) is 13.2 Å². The van der Waals surface area contributed by atoms with E-state index in [-0.39, 0.29) is 29.4 Å². The topological polar surface area (TPSA) is 79.2 Å². The number of benzene rings is 2. The van der Waals surface area contributed by atoms with Crippen molar-refractivity contribution in [3.63, 3.8) is 0 Å². The first kappa shape index (κ1) is 14.5. The number of phenolic OH excluding ortho intramolecular Hbond substituents is 2. The molecular weight excluding hydrogens is 291 g/mol. The summed E-state index contributed by atoms with van der Waals surface area (Å²) >= 11 is 0. The van der Waals surface area contributed by atoms with Crippen LogP contribution in [-0.2, 0) is 6.42 Å². The van der Waals surface area contributed by atoms with Crippen LogP contribution in [0.25, 0.3) is 0 Å². The molecule has 1 aliphatic rings. The summed E-state index contributed by atoms with van der Waals surface area (Å²) in [4.78, 5) is 0. The molecule has 22 heavy (non-hydrogen) atoms. The minimum atomic E-state index is -0.918. The summed E-state index contributed by atoms with van der Waals surface area (Å²) in [7, 11) is 1.35. The number of methoxy groups -OCH3 is 1. The Morgan fingerprint density at radius 1 is 1.23 bits per heavy atom. The van der Waals surface area contributed by atoms with Crippen molar-refractivity contribution in [3.05, 3.63) is 47.3 Å². The number of aromatic hydroxyl groups is 2. The van der Waals surface area contributed by atoms with Gasteiger partial charge in [0.2, 0.25) is 0 Å². The largest absolute Gasteiger partial charge is 0.508 e. The summed E-state index contributed by atoms with van der Waals surface area (Å²) in [6, 6.07) is 6.75. The molecule has 0 bridgehead atoms. The smallest absolute Gasteiger partial charge is 0.165 e. The molecule has 3 N–H and O–H groups in total. The zero-order valence-corrected chi connectivity index (χ0v) is 11.8. The lowest BCUT2D eigenvalue weighted by molar-refractivity contribution is 0.0196. The van der Waals surface area contributed by atoms with Crippen LogP contribution in [0.15, 0.2) is 30.3 Å². The molecule has 116 valence electrons. The molecule has 1 heterocycles. The highest BCUT2D eigenvalue weighted by Crippen LogP contribution is 2.42. The number of hydrogen-bond acceptors (Lipinski definition) is 5. The third kappa shape index (κ3) is 2.42. The molecule has 0 fully saturated rings. The Labute approximate surface area is 126 Å². The van der Waals surface area contributed by atoms with Gasteiger partial charge in [0, 0.05) is 24.1 Å². The van der Waals surface area contributed by atoms with E-state index < -0.39 is 18.0 Å². The van der Waals surface area contributed by atoms with E-state index in [2.05, 4.69) is 0 Å². The summed E-state index contributed by atoms with van der Waals surface area (Å²) in [6.45, 7) is 0. The van der Waals surface area contributed by atoms with E-state index in [0.29, 0.717) is 11.1 Å². The third-order valence-corrected chi connectivity index (χ3v) is 3.69. The third-order valence-electron chi connectivity index (χ3n) is 3.69. The van der Waals surface area contributed by atoms with Crippen LogP contribution in [0.2, 0.25) is 0 Å². The van der Waals surface area contributed by atoms with Crippen LogP contribution in [0.3, 0.4) is 0 Å². The standard InChI is InChI=1S/C16H15FO5/c1-21-15-4-8(2-3-11(15)17)16-13(20)7-10-12(19)5-9(18)6-14(10)22-16/h2-6,13,16,18-20H,7H2,1H3/t13-,16-/m1/s1. The summed E-state index contributed by atoms with van der Waals surface area (Å²) in [5.41, 5.74) is 0.967. The monoisotopic (exact) mass is 306 g/mol. The van der Waals surface area contributed by atoms with Gasteiger partial charge >= 0.3 is 0 Å². The lowest BCUT2D eigenvalue weighted by Crippen LogP contribution is -2.30. The van der Waals surface area contributed by atoms with Crippen molar-refractivity contribution in [1.29, 1.82) is 0 Å². The van der Waals surface area contributed by atoms with Crippen LogP contribution in [0.1, 0.15) is 17.2 Å². The molecule has 0 aliphatic carbocycles.